The number of nitrogens with zero attached hydrogens (tertiary/aromatic N) is 1. The second-order valence-electron chi connectivity index (χ2n) is 6.51. The van der Waals surface area contributed by atoms with Gasteiger partial charge in [-0.1, -0.05) is 0 Å². The Hall–Kier alpha value is -3.01. The van der Waals surface area contributed by atoms with Crippen LogP contribution in [0.3, 0.4) is 0 Å². The van der Waals surface area contributed by atoms with Gasteiger partial charge in [0.15, 0.2) is 23.7 Å². The molecular formula is C20H21NO8S. The summed E-state index contributed by atoms with van der Waals surface area (Å²) in [5.74, 6) is -0.975. The number of thioether (sulfide) groups is 1. The van der Waals surface area contributed by atoms with Crippen molar-refractivity contribution in [2.24, 2.45) is 0 Å². The fourth-order valence-corrected chi connectivity index (χ4v) is 4.19. The molecule has 3 heterocycles. The maximum absolute atomic E-state index is 11.7. The lowest BCUT2D eigenvalue weighted by Crippen LogP contribution is -2.55. The van der Waals surface area contributed by atoms with Crippen LogP contribution < -0.4 is 4.74 Å². The van der Waals surface area contributed by atoms with E-state index in [9.17, 15) is 14.4 Å². The lowest BCUT2D eigenvalue weighted by molar-refractivity contribution is -0.186. The average molecular weight is 435 g/mol. The number of furan rings is 1. The van der Waals surface area contributed by atoms with E-state index in [-0.39, 0.29) is 0 Å². The van der Waals surface area contributed by atoms with Crippen molar-refractivity contribution >= 4 is 29.7 Å². The van der Waals surface area contributed by atoms with Gasteiger partial charge in [-0.15, -0.1) is 11.8 Å². The maximum atomic E-state index is 11.7. The van der Waals surface area contributed by atoms with Crippen molar-refractivity contribution in [3.8, 4) is 17.0 Å². The number of rotatable bonds is 6. The van der Waals surface area contributed by atoms with Gasteiger partial charge in [0.25, 0.3) is 0 Å². The average Bonchev–Trinajstić information content (AvgIpc) is 3.20. The number of aromatic nitrogens is 1. The molecule has 1 aliphatic rings. The quantitative estimate of drug-likeness (QED) is 0.495. The third-order valence-corrected chi connectivity index (χ3v) is 5.32. The molecule has 10 heteroatoms. The van der Waals surface area contributed by atoms with Crippen LogP contribution in [0.25, 0.3) is 11.3 Å². The second kappa shape index (κ2) is 9.66. The van der Waals surface area contributed by atoms with Crippen molar-refractivity contribution in [3.05, 3.63) is 36.9 Å². The number of carbonyl (C=O) groups excluding carboxylic acids is 3. The summed E-state index contributed by atoms with van der Waals surface area (Å²) >= 11 is 1.28. The van der Waals surface area contributed by atoms with Gasteiger partial charge >= 0.3 is 17.9 Å². The van der Waals surface area contributed by atoms with Crippen LogP contribution >= 0.6 is 11.8 Å². The Labute approximate surface area is 177 Å². The van der Waals surface area contributed by atoms with E-state index in [1.54, 1.807) is 30.7 Å². The zero-order valence-electron chi connectivity index (χ0n) is 16.6. The summed E-state index contributed by atoms with van der Waals surface area (Å²) in [6.07, 6.45) is 1.91. The lowest BCUT2D eigenvalue weighted by Gasteiger charge is -2.39. The summed E-state index contributed by atoms with van der Waals surface area (Å²) in [5.41, 5.74) is 0.828. The Kier molecular flexibility index (Phi) is 6.99. The third kappa shape index (κ3) is 5.53. The minimum atomic E-state index is -1.00. The van der Waals surface area contributed by atoms with Crippen molar-refractivity contribution in [2.45, 2.75) is 44.5 Å². The van der Waals surface area contributed by atoms with Crippen molar-refractivity contribution in [2.75, 3.05) is 5.75 Å². The minimum absolute atomic E-state index is 0.292. The van der Waals surface area contributed by atoms with Gasteiger partial charge in [-0.05, 0) is 18.2 Å². The van der Waals surface area contributed by atoms with E-state index in [4.69, 9.17) is 23.4 Å². The second-order valence-corrected chi connectivity index (χ2v) is 7.64. The van der Waals surface area contributed by atoms with Crippen LogP contribution in [0.15, 0.2) is 41.3 Å². The summed E-state index contributed by atoms with van der Waals surface area (Å²) in [6, 6.07) is 5.27. The van der Waals surface area contributed by atoms with Crippen LogP contribution in [-0.2, 0) is 28.6 Å². The van der Waals surface area contributed by atoms with Gasteiger partial charge in [-0.2, -0.15) is 0 Å². The van der Waals surface area contributed by atoms with Gasteiger partial charge in [0.2, 0.25) is 0 Å². The molecule has 4 atom stereocenters. The molecule has 9 nitrogen and oxygen atoms in total. The van der Waals surface area contributed by atoms with Gasteiger partial charge in [0.05, 0.1) is 24.4 Å². The topological polar surface area (TPSA) is 114 Å². The first-order valence-corrected chi connectivity index (χ1v) is 10.2. The molecule has 1 fully saturated rings. The molecule has 0 aromatic carbocycles. The first-order chi connectivity index (χ1) is 14.3. The summed E-state index contributed by atoms with van der Waals surface area (Å²) in [7, 11) is 0. The van der Waals surface area contributed by atoms with E-state index in [1.165, 1.54) is 38.7 Å². The van der Waals surface area contributed by atoms with Gasteiger partial charge < -0.3 is 23.4 Å². The first kappa shape index (κ1) is 21.7. The maximum Gasteiger partial charge on any atom is 0.303 e. The van der Waals surface area contributed by atoms with E-state index in [0.29, 0.717) is 17.2 Å². The summed E-state index contributed by atoms with van der Waals surface area (Å²) in [6.45, 7) is 3.72. The fourth-order valence-electron chi connectivity index (χ4n) is 2.98. The van der Waals surface area contributed by atoms with E-state index in [1.807, 2.05) is 0 Å². The van der Waals surface area contributed by atoms with Crippen molar-refractivity contribution < 1.29 is 37.7 Å². The Bertz CT molecular complexity index is 883. The SMILES string of the molecule is CC(=O)O[C@@H]1[C@@H](OC(C)=O)[C@@H](Oc2ccc(-c3ccoc3)nc2)SC[C@H]1OC(C)=O. The zero-order chi connectivity index (χ0) is 21.7. The fraction of sp³-hybridized carbons (Fsp3) is 0.400. The molecule has 1 aliphatic heterocycles. The highest BCUT2D eigenvalue weighted by Gasteiger charge is 2.47. The van der Waals surface area contributed by atoms with Crippen LogP contribution in [0.2, 0.25) is 0 Å². The summed E-state index contributed by atoms with van der Waals surface area (Å²) in [5, 5.41) is 0. The number of hydrogen-bond donors (Lipinski definition) is 0. The van der Waals surface area contributed by atoms with Gasteiger partial charge in [-0.3, -0.25) is 19.4 Å². The molecule has 0 spiro atoms. The summed E-state index contributed by atoms with van der Waals surface area (Å²) in [4.78, 5) is 39.1. The highest BCUT2D eigenvalue weighted by atomic mass is 32.2. The number of carbonyl (C=O) groups is 3. The Balaban J connectivity index is 1.80. The first-order valence-electron chi connectivity index (χ1n) is 9.12. The standard InChI is InChI=1S/C20H21NO8S/c1-11(22)26-17-10-30-20(19(28-13(3)24)18(17)27-12(2)23)29-15-4-5-16(21-8-15)14-6-7-25-9-14/h4-9,17-20H,10H2,1-3H3/t17-,18+,19-,20+/m1/s1. The molecule has 0 bridgehead atoms. The minimum Gasteiger partial charge on any atom is -0.474 e. The van der Waals surface area contributed by atoms with Crippen LogP contribution in [0.4, 0.5) is 0 Å². The van der Waals surface area contributed by atoms with Crippen molar-refractivity contribution in [1.82, 2.24) is 4.98 Å². The molecule has 2 aromatic heterocycles. The number of pyridine rings is 1. The molecule has 0 radical (unpaired) electrons. The smallest absolute Gasteiger partial charge is 0.303 e. The molecule has 160 valence electrons. The Morgan fingerprint density at radius 2 is 1.70 bits per heavy atom. The monoisotopic (exact) mass is 435 g/mol. The van der Waals surface area contributed by atoms with E-state index in [2.05, 4.69) is 4.98 Å². The number of ether oxygens (including phenoxy) is 4. The van der Waals surface area contributed by atoms with Crippen LogP contribution in [-0.4, -0.2) is 52.4 Å². The third-order valence-electron chi connectivity index (χ3n) is 4.11. The van der Waals surface area contributed by atoms with E-state index in [0.717, 1.165) is 5.56 Å². The van der Waals surface area contributed by atoms with Crippen LogP contribution in [0.1, 0.15) is 20.8 Å². The largest absolute Gasteiger partial charge is 0.474 e. The molecule has 1 saturated heterocycles. The molecule has 2 aromatic rings. The molecule has 0 saturated carbocycles. The van der Waals surface area contributed by atoms with Crippen molar-refractivity contribution in [1.29, 1.82) is 0 Å². The molecule has 0 unspecified atom stereocenters. The predicted octanol–water partition coefficient (Wildman–Crippen LogP) is 2.59. The number of esters is 3. The Morgan fingerprint density at radius 3 is 2.27 bits per heavy atom. The van der Waals surface area contributed by atoms with Crippen LogP contribution in [0.5, 0.6) is 5.75 Å². The van der Waals surface area contributed by atoms with Gasteiger partial charge in [-0.25, -0.2) is 0 Å². The van der Waals surface area contributed by atoms with E-state index >= 15 is 0 Å². The highest BCUT2D eigenvalue weighted by molar-refractivity contribution is 7.99. The summed E-state index contributed by atoms with van der Waals surface area (Å²) < 4.78 is 27.0. The highest BCUT2D eigenvalue weighted by Crippen LogP contribution is 2.34. The molecule has 0 N–H and O–H groups in total. The van der Waals surface area contributed by atoms with E-state index < -0.39 is 41.7 Å². The van der Waals surface area contributed by atoms with Crippen molar-refractivity contribution in [3.63, 3.8) is 0 Å². The lowest BCUT2D eigenvalue weighted by atomic mass is 10.1. The van der Waals surface area contributed by atoms with Crippen LogP contribution in [0, 0.1) is 0 Å². The normalized spacial score (nSPS) is 23.3. The molecule has 0 aliphatic carbocycles. The molecule has 30 heavy (non-hydrogen) atoms. The molecule has 0 amide bonds. The van der Waals surface area contributed by atoms with Gasteiger partial charge in [0, 0.05) is 32.1 Å². The predicted molar refractivity (Wildman–Crippen MR) is 105 cm³/mol. The number of hydrogen-bond acceptors (Lipinski definition) is 10. The van der Waals surface area contributed by atoms with Gasteiger partial charge in [0.1, 0.15) is 5.75 Å². The molecular weight excluding hydrogens is 414 g/mol. The molecule has 3 rings (SSSR count). The zero-order valence-corrected chi connectivity index (χ0v) is 17.4. The Morgan fingerprint density at radius 1 is 1.00 bits per heavy atom.